The molecule has 1 heterocycles. The smallest absolute Gasteiger partial charge is 0.0780 e. The van der Waals surface area contributed by atoms with E-state index in [1.807, 2.05) is 18.3 Å². The zero-order chi connectivity index (χ0) is 14.8. The van der Waals surface area contributed by atoms with Gasteiger partial charge < -0.3 is 0 Å². The number of fused-ring (bicyclic) bond motifs is 1. The van der Waals surface area contributed by atoms with Crippen LogP contribution in [0.1, 0.15) is 0 Å². The molecule has 1 aromatic heterocycles. The highest BCUT2D eigenvalue weighted by molar-refractivity contribution is 5.97. The Morgan fingerprint density at radius 1 is 0.500 bits per heavy atom. The first kappa shape index (κ1) is 12.8. The molecule has 0 amide bonds. The average Bonchev–Trinajstić information content (AvgIpc) is 2.62. The number of pyridine rings is 1. The third-order valence-electron chi connectivity index (χ3n) is 3.93. The van der Waals surface area contributed by atoms with Crippen LogP contribution >= 0.6 is 0 Å². The van der Waals surface area contributed by atoms with Crippen LogP contribution < -0.4 is 0 Å². The van der Waals surface area contributed by atoms with Crippen molar-refractivity contribution < 1.29 is 0 Å². The van der Waals surface area contributed by atoms with Crippen molar-refractivity contribution in [1.82, 2.24) is 4.98 Å². The molecule has 0 fully saturated rings. The Kier molecular flexibility index (Phi) is 3.17. The van der Waals surface area contributed by atoms with Gasteiger partial charge in [0.15, 0.2) is 0 Å². The Morgan fingerprint density at radius 3 is 2.05 bits per heavy atom. The molecular weight excluding hydrogens is 266 g/mol. The first-order valence-corrected chi connectivity index (χ1v) is 7.42. The first-order valence-electron chi connectivity index (χ1n) is 7.42. The monoisotopic (exact) mass is 281 g/mol. The normalized spacial score (nSPS) is 10.7. The molecule has 0 spiro atoms. The van der Waals surface area contributed by atoms with Crippen LogP contribution in [0.15, 0.2) is 91.1 Å². The molecule has 1 nitrogen and oxygen atoms in total. The summed E-state index contributed by atoms with van der Waals surface area (Å²) in [4.78, 5) is 4.59. The van der Waals surface area contributed by atoms with E-state index in [2.05, 4.69) is 77.8 Å². The molecule has 1 heteroatoms. The van der Waals surface area contributed by atoms with E-state index < -0.39 is 0 Å². The van der Waals surface area contributed by atoms with Crippen LogP contribution in [0.2, 0.25) is 0 Å². The largest absolute Gasteiger partial charge is 0.256 e. The van der Waals surface area contributed by atoms with Crippen LogP contribution in [0.3, 0.4) is 0 Å². The average molecular weight is 281 g/mol. The van der Waals surface area contributed by atoms with Gasteiger partial charge in [-0.2, -0.15) is 0 Å². The fourth-order valence-corrected chi connectivity index (χ4v) is 2.91. The Balaban J connectivity index is 2.01. The van der Waals surface area contributed by atoms with Crippen molar-refractivity contribution in [2.75, 3.05) is 0 Å². The second-order valence-corrected chi connectivity index (χ2v) is 5.29. The summed E-state index contributed by atoms with van der Waals surface area (Å²) in [6.07, 6.45) is 1.86. The predicted molar refractivity (Wildman–Crippen MR) is 92.6 cm³/mol. The van der Waals surface area contributed by atoms with E-state index in [0.29, 0.717) is 0 Å². The number of hydrogen-bond donors (Lipinski definition) is 0. The first-order chi connectivity index (χ1) is 10.9. The van der Waals surface area contributed by atoms with E-state index in [4.69, 9.17) is 0 Å². The number of benzene rings is 3. The maximum Gasteiger partial charge on any atom is 0.0780 e. The maximum absolute atomic E-state index is 4.59. The molecule has 0 bridgehead atoms. The Hall–Kier alpha value is -2.93. The van der Waals surface area contributed by atoms with Gasteiger partial charge >= 0.3 is 0 Å². The lowest BCUT2D eigenvalue weighted by Gasteiger charge is -2.12. The fraction of sp³-hybridized carbons (Fsp3) is 0. The van der Waals surface area contributed by atoms with E-state index in [-0.39, 0.29) is 0 Å². The summed E-state index contributed by atoms with van der Waals surface area (Å²) in [5, 5.41) is 1.17. The van der Waals surface area contributed by atoms with Gasteiger partial charge in [-0.15, -0.1) is 0 Å². The third kappa shape index (κ3) is 2.17. The topological polar surface area (TPSA) is 12.9 Å². The number of para-hydroxylation sites is 1. The lowest BCUT2D eigenvalue weighted by Crippen LogP contribution is -1.88. The van der Waals surface area contributed by atoms with Gasteiger partial charge in [0, 0.05) is 17.1 Å². The van der Waals surface area contributed by atoms with Crippen molar-refractivity contribution in [2.45, 2.75) is 0 Å². The highest BCUT2D eigenvalue weighted by atomic mass is 14.6. The molecular formula is C21H15N. The van der Waals surface area contributed by atoms with Crippen molar-refractivity contribution in [1.29, 1.82) is 0 Å². The molecule has 0 unspecified atom stereocenters. The number of rotatable bonds is 2. The fourth-order valence-electron chi connectivity index (χ4n) is 2.91. The maximum atomic E-state index is 4.59. The van der Waals surface area contributed by atoms with Crippen molar-refractivity contribution in [3.63, 3.8) is 0 Å². The van der Waals surface area contributed by atoms with Gasteiger partial charge in [-0.3, -0.25) is 4.98 Å². The van der Waals surface area contributed by atoms with Gasteiger partial charge in [0.05, 0.1) is 5.52 Å². The summed E-state index contributed by atoms with van der Waals surface area (Å²) in [5.41, 5.74) is 5.91. The second-order valence-electron chi connectivity index (χ2n) is 5.29. The molecule has 0 radical (unpaired) electrons. The minimum absolute atomic E-state index is 1.05. The molecule has 0 saturated carbocycles. The zero-order valence-corrected chi connectivity index (χ0v) is 12.1. The van der Waals surface area contributed by atoms with Gasteiger partial charge in [0.1, 0.15) is 0 Å². The second kappa shape index (κ2) is 5.45. The third-order valence-corrected chi connectivity index (χ3v) is 3.93. The van der Waals surface area contributed by atoms with Crippen LogP contribution in [0.4, 0.5) is 0 Å². The highest BCUT2D eigenvalue weighted by Gasteiger charge is 2.10. The van der Waals surface area contributed by atoms with Crippen molar-refractivity contribution >= 4 is 10.9 Å². The van der Waals surface area contributed by atoms with Gasteiger partial charge in [-0.05, 0) is 22.8 Å². The summed E-state index contributed by atoms with van der Waals surface area (Å²) < 4.78 is 0. The number of nitrogens with zero attached hydrogens (tertiary/aromatic N) is 1. The summed E-state index contributed by atoms with van der Waals surface area (Å²) in [5.74, 6) is 0. The van der Waals surface area contributed by atoms with Gasteiger partial charge in [-0.25, -0.2) is 0 Å². The standard InChI is InChI=1S/C21H15N/c1-2-8-16(9-3-1)18-12-4-5-13-19(18)20-14-6-10-17-11-7-15-22-21(17)20/h1-15H. The molecule has 104 valence electrons. The number of aromatic nitrogens is 1. The van der Waals surface area contributed by atoms with Crippen molar-refractivity contribution in [2.24, 2.45) is 0 Å². The van der Waals surface area contributed by atoms with E-state index in [0.717, 1.165) is 5.52 Å². The molecule has 0 aliphatic rings. The Bertz CT molecular complexity index is 921. The molecule has 0 N–H and O–H groups in total. The van der Waals surface area contributed by atoms with Crippen LogP contribution in [0, 0.1) is 0 Å². The molecule has 0 atom stereocenters. The number of hydrogen-bond acceptors (Lipinski definition) is 1. The molecule has 0 saturated heterocycles. The van der Waals surface area contributed by atoms with Crippen LogP contribution in [0.5, 0.6) is 0 Å². The molecule has 0 aliphatic heterocycles. The SMILES string of the molecule is c1ccc(-c2ccccc2-c2cccc3cccnc23)cc1. The van der Waals surface area contributed by atoms with Crippen molar-refractivity contribution in [3.8, 4) is 22.3 Å². The molecule has 4 rings (SSSR count). The lowest BCUT2D eigenvalue weighted by atomic mass is 9.93. The summed E-state index contributed by atoms with van der Waals surface area (Å²) >= 11 is 0. The quantitative estimate of drug-likeness (QED) is 0.468. The zero-order valence-electron chi connectivity index (χ0n) is 12.1. The summed E-state index contributed by atoms with van der Waals surface area (Å²) in [7, 11) is 0. The molecule has 4 aromatic rings. The molecule has 22 heavy (non-hydrogen) atoms. The van der Waals surface area contributed by atoms with Gasteiger partial charge in [-0.1, -0.05) is 78.9 Å². The van der Waals surface area contributed by atoms with E-state index in [9.17, 15) is 0 Å². The lowest BCUT2D eigenvalue weighted by molar-refractivity contribution is 1.41. The van der Waals surface area contributed by atoms with E-state index >= 15 is 0 Å². The van der Waals surface area contributed by atoms with Gasteiger partial charge in [0.25, 0.3) is 0 Å². The predicted octanol–water partition coefficient (Wildman–Crippen LogP) is 5.57. The van der Waals surface area contributed by atoms with E-state index in [1.54, 1.807) is 0 Å². The minimum Gasteiger partial charge on any atom is -0.256 e. The van der Waals surface area contributed by atoms with Crippen LogP contribution in [0.25, 0.3) is 33.2 Å². The van der Waals surface area contributed by atoms with Crippen LogP contribution in [-0.4, -0.2) is 4.98 Å². The minimum atomic E-state index is 1.05. The Morgan fingerprint density at radius 2 is 1.18 bits per heavy atom. The van der Waals surface area contributed by atoms with E-state index in [1.165, 1.54) is 27.6 Å². The van der Waals surface area contributed by atoms with Crippen molar-refractivity contribution in [3.05, 3.63) is 91.1 Å². The molecule has 0 aliphatic carbocycles. The molecule has 3 aromatic carbocycles. The summed E-state index contributed by atoms with van der Waals surface area (Å²) in [6, 6.07) is 29.5. The Labute approximate surface area is 129 Å². The summed E-state index contributed by atoms with van der Waals surface area (Å²) in [6.45, 7) is 0. The highest BCUT2D eigenvalue weighted by Crippen LogP contribution is 2.35. The van der Waals surface area contributed by atoms with Gasteiger partial charge in [0.2, 0.25) is 0 Å². The van der Waals surface area contributed by atoms with Crippen LogP contribution in [-0.2, 0) is 0 Å².